The molecule has 1 saturated heterocycles. The summed E-state index contributed by atoms with van der Waals surface area (Å²) in [7, 11) is 0. The molecule has 0 aliphatic carbocycles. The highest BCUT2D eigenvalue weighted by atomic mass is 16.2. The zero-order valence-corrected chi connectivity index (χ0v) is 10.1. The molecule has 3 N–H and O–H groups in total. The molecule has 1 aromatic heterocycles. The van der Waals surface area contributed by atoms with E-state index >= 15 is 0 Å². The van der Waals surface area contributed by atoms with Crippen molar-refractivity contribution >= 4 is 5.91 Å². The van der Waals surface area contributed by atoms with Crippen LogP contribution in [-0.4, -0.2) is 39.1 Å². The summed E-state index contributed by atoms with van der Waals surface area (Å²) >= 11 is 0. The first kappa shape index (κ1) is 12.0. The SMILES string of the molecule is CC1CC(C(=O)NC(C)c2nn[nH]n2)CCN1. The molecule has 2 rings (SSSR count). The third-order valence-corrected chi connectivity index (χ3v) is 3.10. The highest BCUT2D eigenvalue weighted by Crippen LogP contribution is 2.17. The van der Waals surface area contributed by atoms with Crippen molar-refractivity contribution in [1.29, 1.82) is 0 Å². The van der Waals surface area contributed by atoms with Crippen molar-refractivity contribution in [2.45, 2.75) is 38.8 Å². The van der Waals surface area contributed by atoms with Crippen molar-refractivity contribution in [2.75, 3.05) is 6.54 Å². The van der Waals surface area contributed by atoms with Gasteiger partial charge in [-0.2, -0.15) is 5.21 Å². The molecular formula is C10H18N6O. The highest BCUT2D eigenvalue weighted by Gasteiger charge is 2.26. The molecule has 2 heterocycles. The second kappa shape index (κ2) is 5.22. The van der Waals surface area contributed by atoms with Gasteiger partial charge in [-0.05, 0) is 33.2 Å². The van der Waals surface area contributed by atoms with Crippen LogP contribution in [0.25, 0.3) is 0 Å². The van der Waals surface area contributed by atoms with Crippen LogP contribution in [-0.2, 0) is 4.79 Å². The third kappa shape index (κ3) is 3.00. The summed E-state index contributed by atoms with van der Waals surface area (Å²) in [6, 6.07) is 0.200. The van der Waals surface area contributed by atoms with Gasteiger partial charge in [0.1, 0.15) is 0 Å². The lowest BCUT2D eigenvalue weighted by atomic mass is 9.92. The van der Waals surface area contributed by atoms with Crippen LogP contribution in [0.3, 0.4) is 0 Å². The van der Waals surface area contributed by atoms with E-state index in [-0.39, 0.29) is 17.9 Å². The topological polar surface area (TPSA) is 95.6 Å². The number of hydrogen-bond donors (Lipinski definition) is 3. The molecule has 3 unspecified atom stereocenters. The van der Waals surface area contributed by atoms with Gasteiger partial charge in [-0.1, -0.05) is 5.21 Å². The number of nitrogens with one attached hydrogen (secondary N) is 3. The summed E-state index contributed by atoms with van der Waals surface area (Å²) in [6.45, 7) is 4.85. The number of tetrazole rings is 1. The number of carbonyl (C=O) groups excluding carboxylic acids is 1. The Morgan fingerprint density at radius 2 is 2.41 bits per heavy atom. The first-order valence-corrected chi connectivity index (χ1v) is 5.94. The van der Waals surface area contributed by atoms with E-state index in [4.69, 9.17) is 0 Å². The van der Waals surface area contributed by atoms with Crippen LogP contribution in [0, 0.1) is 5.92 Å². The van der Waals surface area contributed by atoms with Gasteiger partial charge in [0.25, 0.3) is 0 Å². The van der Waals surface area contributed by atoms with Crippen LogP contribution in [0.15, 0.2) is 0 Å². The molecule has 17 heavy (non-hydrogen) atoms. The molecule has 1 aliphatic rings. The number of piperidine rings is 1. The van der Waals surface area contributed by atoms with Gasteiger partial charge in [0.05, 0.1) is 6.04 Å². The molecule has 1 aliphatic heterocycles. The average Bonchev–Trinajstić information content (AvgIpc) is 2.82. The Kier molecular flexibility index (Phi) is 3.68. The minimum atomic E-state index is -0.202. The Balaban J connectivity index is 1.88. The van der Waals surface area contributed by atoms with Gasteiger partial charge in [-0.15, -0.1) is 10.2 Å². The van der Waals surface area contributed by atoms with Crippen LogP contribution < -0.4 is 10.6 Å². The second-order valence-electron chi connectivity index (χ2n) is 4.58. The van der Waals surface area contributed by atoms with Gasteiger partial charge in [0.2, 0.25) is 5.91 Å². The molecule has 1 amide bonds. The molecule has 7 nitrogen and oxygen atoms in total. The maximum absolute atomic E-state index is 12.0. The molecule has 3 atom stereocenters. The van der Waals surface area contributed by atoms with Gasteiger partial charge < -0.3 is 10.6 Å². The number of amides is 1. The number of aromatic amines is 1. The molecule has 1 fully saturated rings. The number of aromatic nitrogens is 4. The maximum Gasteiger partial charge on any atom is 0.223 e. The molecule has 0 radical (unpaired) electrons. The third-order valence-electron chi connectivity index (χ3n) is 3.10. The lowest BCUT2D eigenvalue weighted by Gasteiger charge is -2.27. The van der Waals surface area contributed by atoms with E-state index in [2.05, 4.69) is 38.2 Å². The number of nitrogens with zero attached hydrogens (tertiary/aromatic N) is 3. The number of H-pyrrole nitrogens is 1. The van der Waals surface area contributed by atoms with Gasteiger partial charge in [-0.3, -0.25) is 4.79 Å². The Bertz CT molecular complexity index is 365. The molecule has 7 heteroatoms. The van der Waals surface area contributed by atoms with Gasteiger partial charge in [0.15, 0.2) is 5.82 Å². The fourth-order valence-electron chi connectivity index (χ4n) is 2.12. The molecular weight excluding hydrogens is 220 g/mol. The van der Waals surface area contributed by atoms with Crippen molar-refractivity contribution < 1.29 is 4.79 Å². The summed E-state index contributed by atoms with van der Waals surface area (Å²) < 4.78 is 0. The van der Waals surface area contributed by atoms with E-state index in [1.165, 1.54) is 0 Å². The first-order chi connectivity index (χ1) is 8.16. The van der Waals surface area contributed by atoms with Crippen molar-refractivity contribution in [3.63, 3.8) is 0 Å². The van der Waals surface area contributed by atoms with E-state index in [0.29, 0.717) is 11.9 Å². The molecule has 0 saturated carbocycles. The monoisotopic (exact) mass is 238 g/mol. The fraction of sp³-hybridized carbons (Fsp3) is 0.800. The molecule has 1 aromatic rings. The molecule has 0 bridgehead atoms. The smallest absolute Gasteiger partial charge is 0.223 e. The summed E-state index contributed by atoms with van der Waals surface area (Å²) in [5, 5.41) is 19.8. The van der Waals surface area contributed by atoms with E-state index < -0.39 is 0 Å². The Morgan fingerprint density at radius 1 is 1.59 bits per heavy atom. The minimum Gasteiger partial charge on any atom is -0.346 e. The van der Waals surface area contributed by atoms with Crippen molar-refractivity contribution in [1.82, 2.24) is 31.3 Å². The van der Waals surface area contributed by atoms with Crippen LogP contribution in [0.2, 0.25) is 0 Å². The molecule has 0 spiro atoms. The standard InChI is InChI=1S/C10H18N6O/c1-6-5-8(3-4-11-6)10(17)12-7(2)9-13-15-16-14-9/h6-8,11H,3-5H2,1-2H3,(H,12,17)(H,13,14,15,16). The van der Waals surface area contributed by atoms with Crippen molar-refractivity contribution in [2.24, 2.45) is 5.92 Å². The largest absolute Gasteiger partial charge is 0.346 e. The summed E-state index contributed by atoms with van der Waals surface area (Å²) in [5.74, 6) is 0.677. The van der Waals surface area contributed by atoms with E-state index in [1.54, 1.807) is 0 Å². The Hall–Kier alpha value is -1.50. The van der Waals surface area contributed by atoms with Crippen molar-refractivity contribution in [3.8, 4) is 0 Å². The lowest BCUT2D eigenvalue weighted by molar-refractivity contribution is -0.126. The zero-order chi connectivity index (χ0) is 12.3. The number of rotatable bonds is 3. The lowest BCUT2D eigenvalue weighted by Crippen LogP contribution is -2.43. The van der Waals surface area contributed by atoms with E-state index in [0.717, 1.165) is 19.4 Å². The van der Waals surface area contributed by atoms with E-state index in [1.807, 2.05) is 6.92 Å². The number of carbonyl (C=O) groups is 1. The average molecular weight is 238 g/mol. The normalized spacial score (nSPS) is 26.5. The fourth-order valence-corrected chi connectivity index (χ4v) is 2.12. The van der Waals surface area contributed by atoms with Gasteiger partial charge >= 0.3 is 0 Å². The van der Waals surface area contributed by atoms with Crippen LogP contribution in [0.5, 0.6) is 0 Å². The predicted octanol–water partition coefficient (Wildman–Crippen LogP) is -0.235. The van der Waals surface area contributed by atoms with Crippen molar-refractivity contribution in [3.05, 3.63) is 5.82 Å². The summed E-state index contributed by atoms with van der Waals surface area (Å²) in [4.78, 5) is 12.0. The van der Waals surface area contributed by atoms with Crippen LogP contribution >= 0.6 is 0 Å². The quantitative estimate of drug-likeness (QED) is 0.675. The summed E-state index contributed by atoms with van der Waals surface area (Å²) in [6.07, 6.45) is 1.76. The predicted molar refractivity (Wildman–Crippen MR) is 60.9 cm³/mol. The van der Waals surface area contributed by atoms with Crippen LogP contribution in [0.4, 0.5) is 0 Å². The second-order valence-corrected chi connectivity index (χ2v) is 4.58. The zero-order valence-electron chi connectivity index (χ0n) is 10.1. The van der Waals surface area contributed by atoms with Crippen LogP contribution in [0.1, 0.15) is 38.6 Å². The number of hydrogen-bond acceptors (Lipinski definition) is 5. The van der Waals surface area contributed by atoms with E-state index in [9.17, 15) is 4.79 Å². The highest BCUT2D eigenvalue weighted by molar-refractivity contribution is 5.79. The maximum atomic E-state index is 12.0. The Morgan fingerprint density at radius 3 is 3.06 bits per heavy atom. The first-order valence-electron chi connectivity index (χ1n) is 5.94. The molecule has 94 valence electrons. The summed E-state index contributed by atoms with van der Waals surface area (Å²) in [5.41, 5.74) is 0. The Labute approximate surface area is 99.7 Å². The van der Waals surface area contributed by atoms with Gasteiger partial charge in [0, 0.05) is 12.0 Å². The van der Waals surface area contributed by atoms with Gasteiger partial charge in [-0.25, -0.2) is 0 Å². The minimum absolute atomic E-state index is 0.0793. The molecule has 0 aromatic carbocycles.